The van der Waals surface area contributed by atoms with Gasteiger partial charge in [-0.15, -0.1) is 0 Å². The second kappa shape index (κ2) is 5.66. The average molecular weight is 319 g/mol. The number of benzene rings is 1. The number of nitrogens with one attached hydrogen (secondary N) is 1. The van der Waals surface area contributed by atoms with Crippen LogP contribution in [0, 0.1) is 0 Å². The van der Waals surface area contributed by atoms with Crippen molar-refractivity contribution in [2.75, 3.05) is 5.32 Å². The zero-order chi connectivity index (χ0) is 14.0. The standard InChI is InChI=1S/C10H7ClN2O4S2/c11-6-1-5(2-7(14)3-6)9(15)13-10-12-4-8(18-10)19(16)17/h1-4,14H,(H,16,17)(H,12,13,15). The maximum Gasteiger partial charge on any atom is 0.257 e. The fourth-order valence-corrected chi connectivity index (χ4v) is 2.71. The summed E-state index contributed by atoms with van der Waals surface area (Å²) in [6.07, 6.45) is 1.20. The van der Waals surface area contributed by atoms with Crippen LogP contribution >= 0.6 is 22.9 Å². The van der Waals surface area contributed by atoms with E-state index in [1.54, 1.807) is 0 Å². The monoisotopic (exact) mass is 318 g/mol. The number of thiazole rings is 1. The zero-order valence-electron chi connectivity index (χ0n) is 9.16. The molecule has 3 N–H and O–H groups in total. The maximum absolute atomic E-state index is 11.8. The van der Waals surface area contributed by atoms with Crippen molar-refractivity contribution in [2.45, 2.75) is 4.21 Å². The Balaban J connectivity index is 2.18. The lowest BCUT2D eigenvalue weighted by Gasteiger charge is -2.03. The van der Waals surface area contributed by atoms with Crippen LogP contribution in [0.2, 0.25) is 5.02 Å². The molecule has 1 unspecified atom stereocenters. The van der Waals surface area contributed by atoms with Gasteiger partial charge in [-0.05, 0) is 18.2 Å². The quantitative estimate of drug-likeness (QED) is 0.754. The molecule has 2 rings (SSSR count). The van der Waals surface area contributed by atoms with E-state index in [-0.39, 0.29) is 25.7 Å². The molecule has 9 heteroatoms. The summed E-state index contributed by atoms with van der Waals surface area (Å²) in [7, 11) is 0. The topological polar surface area (TPSA) is 99.5 Å². The molecular formula is C10H7ClN2O4S2. The van der Waals surface area contributed by atoms with Crippen LogP contribution in [-0.2, 0) is 11.1 Å². The van der Waals surface area contributed by atoms with Crippen molar-refractivity contribution in [1.29, 1.82) is 0 Å². The lowest BCUT2D eigenvalue weighted by molar-refractivity contribution is 0.102. The summed E-state index contributed by atoms with van der Waals surface area (Å²) in [6, 6.07) is 3.93. The first-order chi connectivity index (χ1) is 8.95. The number of hydrogen-bond acceptors (Lipinski definition) is 5. The van der Waals surface area contributed by atoms with Crippen molar-refractivity contribution in [3.63, 3.8) is 0 Å². The van der Waals surface area contributed by atoms with Crippen molar-refractivity contribution >= 4 is 45.1 Å². The first-order valence-corrected chi connectivity index (χ1v) is 7.13. The maximum atomic E-state index is 11.8. The number of halogens is 1. The fourth-order valence-electron chi connectivity index (χ4n) is 1.27. The third kappa shape index (κ3) is 3.51. The number of phenolic OH excluding ortho intramolecular Hbond substituents is 1. The van der Waals surface area contributed by atoms with Crippen molar-refractivity contribution < 1.29 is 18.7 Å². The van der Waals surface area contributed by atoms with Crippen LogP contribution in [0.1, 0.15) is 10.4 Å². The van der Waals surface area contributed by atoms with E-state index < -0.39 is 17.0 Å². The normalized spacial score (nSPS) is 12.1. The van der Waals surface area contributed by atoms with E-state index in [4.69, 9.17) is 16.2 Å². The van der Waals surface area contributed by atoms with E-state index in [0.717, 1.165) is 11.3 Å². The molecule has 1 atom stereocenters. The highest BCUT2D eigenvalue weighted by atomic mass is 35.5. The van der Waals surface area contributed by atoms with Crippen molar-refractivity contribution in [3.05, 3.63) is 35.0 Å². The van der Waals surface area contributed by atoms with Crippen molar-refractivity contribution in [1.82, 2.24) is 4.98 Å². The largest absolute Gasteiger partial charge is 0.508 e. The molecule has 0 bridgehead atoms. The molecule has 0 aliphatic rings. The fraction of sp³-hybridized carbons (Fsp3) is 0. The van der Waals surface area contributed by atoms with Crippen molar-refractivity contribution in [3.8, 4) is 5.75 Å². The Morgan fingerprint density at radius 3 is 2.74 bits per heavy atom. The molecule has 100 valence electrons. The molecule has 0 saturated heterocycles. The van der Waals surface area contributed by atoms with Gasteiger partial charge in [0, 0.05) is 10.6 Å². The van der Waals surface area contributed by atoms with E-state index in [0.29, 0.717) is 0 Å². The minimum Gasteiger partial charge on any atom is -0.508 e. The van der Waals surface area contributed by atoms with Gasteiger partial charge in [0.15, 0.2) is 16.2 Å². The summed E-state index contributed by atoms with van der Waals surface area (Å²) < 4.78 is 19.7. The molecule has 0 fully saturated rings. The number of phenols is 1. The number of nitrogens with zero attached hydrogens (tertiary/aromatic N) is 1. The predicted octanol–water partition coefficient (Wildman–Crippen LogP) is 2.33. The van der Waals surface area contributed by atoms with Crippen LogP contribution in [0.25, 0.3) is 0 Å². The molecule has 0 saturated carbocycles. The molecule has 19 heavy (non-hydrogen) atoms. The van der Waals surface area contributed by atoms with Crippen LogP contribution < -0.4 is 5.32 Å². The van der Waals surface area contributed by atoms with E-state index >= 15 is 0 Å². The molecule has 2 aromatic rings. The van der Waals surface area contributed by atoms with Gasteiger partial charge < -0.3 is 9.66 Å². The van der Waals surface area contributed by atoms with Crippen LogP contribution in [0.3, 0.4) is 0 Å². The lowest BCUT2D eigenvalue weighted by Crippen LogP contribution is -2.11. The molecule has 1 aromatic carbocycles. The highest BCUT2D eigenvalue weighted by molar-refractivity contribution is 7.81. The Labute approximate surface area is 119 Å². The number of anilines is 1. The average Bonchev–Trinajstić information content (AvgIpc) is 2.76. The van der Waals surface area contributed by atoms with E-state index in [9.17, 15) is 14.1 Å². The summed E-state index contributed by atoms with van der Waals surface area (Å²) in [6.45, 7) is 0. The Morgan fingerprint density at radius 2 is 2.16 bits per heavy atom. The lowest BCUT2D eigenvalue weighted by atomic mass is 10.2. The van der Waals surface area contributed by atoms with E-state index in [1.165, 1.54) is 24.4 Å². The number of amides is 1. The summed E-state index contributed by atoms with van der Waals surface area (Å²) in [5.74, 6) is -0.656. The molecule has 0 aliphatic heterocycles. The van der Waals surface area contributed by atoms with Gasteiger partial charge in [0.05, 0.1) is 6.20 Å². The number of rotatable bonds is 3. The summed E-state index contributed by atoms with van der Waals surface area (Å²) in [5.41, 5.74) is 0.159. The Bertz CT molecular complexity index is 638. The number of carbonyl (C=O) groups excluding carboxylic acids is 1. The number of aromatic hydroxyl groups is 1. The van der Waals surface area contributed by atoms with Gasteiger partial charge >= 0.3 is 0 Å². The van der Waals surface area contributed by atoms with Crippen LogP contribution in [0.4, 0.5) is 5.13 Å². The van der Waals surface area contributed by atoms with Gasteiger partial charge in [0.25, 0.3) is 5.91 Å². The van der Waals surface area contributed by atoms with Gasteiger partial charge in [-0.3, -0.25) is 10.1 Å². The summed E-state index contributed by atoms with van der Waals surface area (Å²) in [4.78, 5) is 15.6. The van der Waals surface area contributed by atoms with Gasteiger partial charge in [-0.25, -0.2) is 9.19 Å². The Hall–Kier alpha value is -1.48. The summed E-state index contributed by atoms with van der Waals surface area (Å²) in [5, 5.41) is 12.2. The van der Waals surface area contributed by atoms with E-state index in [2.05, 4.69) is 10.3 Å². The highest BCUT2D eigenvalue weighted by Gasteiger charge is 2.12. The number of aromatic nitrogens is 1. The molecule has 1 aromatic heterocycles. The molecule has 0 spiro atoms. The highest BCUT2D eigenvalue weighted by Crippen LogP contribution is 2.23. The SMILES string of the molecule is O=C(Nc1ncc(S(=O)O)s1)c1cc(O)cc(Cl)c1. The smallest absolute Gasteiger partial charge is 0.257 e. The Morgan fingerprint density at radius 1 is 1.42 bits per heavy atom. The minimum absolute atomic E-state index is 0.129. The van der Waals surface area contributed by atoms with Crippen LogP contribution in [0.5, 0.6) is 5.75 Å². The third-order valence-electron chi connectivity index (χ3n) is 2.02. The van der Waals surface area contributed by atoms with Crippen LogP contribution in [0.15, 0.2) is 28.6 Å². The van der Waals surface area contributed by atoms with Crippen LogP contribution in [-0.4, -0.2) is 24.8 Å². The molecule has 1 amide bonds. The first kappa shape index (κ1) is 13.9. The molecular weight excluding hydrogens is 312 g/mol. The second-order valence-corrected chi connectivity index (χ2v) is 6.05. The van der Waals surface area contributed by atoms with Gasteiger partial charge in [0.1, 0.15) is 9.96 Å². The summed E-state index contributed by atoms with van der Waals surface area (Å²) >= 11 is 4.47. The Kier molecular flexibility index (Phi) is 4.15. The van der Waals surface area contributed by atoms with Gasteiger partial charge in [0.2, 0.25) is 0 Å². The van der Waals surface area contributed by atoms with Gasteiger partial charge in [-0.2, -0.15) is 0 Å². The third-order valence-corrected chi connectivity index (χ3v) is 4.07. The second-order valence-electron chi connectivity index (χ2n) is 3.39. The van der Waals surface area contributed by atoms with Crippen molar-refractivity contribution in [2.24, 2.45) is 0 Å². The minimum atomic E-state index is -2.13. The molecule has 1 heterocycles. The van der Waals surface area contributed by atoms with E-state index in [1.807, 2.05) is 0 Å². The first-order valence-electron chi connectivity index (χ1n) is 4.83. The number of hydrogen-bond donors (Lipinski definition) is 3. The van der Waals surface area contributed by atoms with Gasteiger partial charge in [-0.1, -0.05) is 22.9 Å². The predicted molar refractivity (Wildman–Crippen MR) is 72.2 cm³/mol. The molecule has 6 nitrogen and oxygen atoms in total. The zero-order valence-corrected chi connectivity index (χ0v) is 11.6. The molecule has 0 aliphatic carbocycles. The molecule has 0 radical (unpaired) electrons. The number of carbonyl (C=O) groups is 1.